The number of nitrogens with one attached hydrogen (secondary N) is 1. The molecule has 0 atom stereocenters. The van der Waals surface area contributed by atoms with Crippen LogP contribution in [0.15, 0.2) is 57.7 Å². The summed E-state index contributed by atoms with van der Waals surface area (Å²) in [6, 6.07) is 15.5. The summed E-state index contributed by atoms with van der Waals surface area (Å²) < 4.78 is 5.42. The standard InChI is InChI=1S/C16H11NO2/c18-16-14-11-6-2-1-5-10(11)9-17-15(14)12-7-3-4-8-13(12)19-16/h1-8,17H,9H2. The fourth-order valence-electron chi connectivity index (χ4n) is 2.68. The van der Waals surface area contributed by atoms with E-state index < -0.39 is 0 Å². The third-order valence-electron chi connectivity index (χ3n) is 3.56. The molecule has 3 heteroatoms. The molecule has 0 radical (unpaired) electrons. The van der Waals surface area contributed by atoms with Gasteiger partial charge in [0.15, 0.2) is 0 Å². The zero-order valence-electron chi connectivity index (χ0n) is 10.1. The number of benzene rings is 2. The molecule has 0 saturated carbocycles. The molecule has 0 bridgehead atoms. The molecule has 0 unspecified atom stereocenters. The minimum atomic E-state index is -0.284. The molecule has 0 aliphatic carbocycles. The maximum atomic E-state index is 12.2. The second kappa shape index (κ2) is 3.72. The van der Waals surface area contributed by atoms with Crippen molar-refractivity contribution in [1.29, 1.82) is 0 Å². The quantitative estimate of drug-likeness (QED) is 0.621. The van der Waals surface area contributed by atoms with E-state index in [1.807, 2.05) is 48.5 Å². The van der Waals surface area contributed by atoms with Crippen LogP contribution in [0.5, 0.6) is 0 Å². The minimum Gasteiger partial charge on any atom is -0.422 e. The predicted octanol–water partition coefficient (Wildman–Crippen LogP) is 3.39. The van der Waals surface area contributed by atoms with Gasteiger partial charge in [-0.3, -0.25) is 0 Å². The molecular weight excluding hydrogens is 238 g/mol. The summed E-state index contributed by atoms with van der Waals surface area (Å²) >= 11 is 0. The minimum absolute atomic E-state index is 0.284. The second-order valence-electron chi connectivity index (χ2n) is 4.65. The number of para-hydroxylation sites is 1. The van der Waals surface area contributed by atoms with Crippen molar-refractivity contribution in [3.05, 3.63) is 64.5 Å². The number of rotatable bonds is 0. The maximum absolute atomic E-state index is 12.2. The molecular formula is C16H11NO2. The number of fused-ring (bicyclic) bond motifs is 5. The van der Waals surface area contributed by atoms with E-state index in [1.54, 1.807) is 0 Å². The van der Waals surface area contributed by atoms with E-state index in [1.165, 1.54) is 0 Å². The lowest BCUT2D eigenvalue weighted by atomic mass is 9.95. The molecule has 2 heterocycles. The lowest BCUT2D eigenvalue weighted by molar-refractivity contribution is 0.563. The van der Waals surface area contributed by atoms with Gasteiger partial charge in [0, 0.05) is 11.9 Å². The molecule has 92 valence electrons. The van der Waals surface area contributed by atoms with Crippen LogP contribution >= 0.6 is 0 Å². The number of hydrogen-bond acceptors (Lipinski definition) is 3. The third kappa shape index (κ3) is 1.41. The highest BCUT2D eigenvalue weighted by molar-refractivity contribution is 5.99. The van der Waals surface area contributed by atoms with E-state index in [-0.39, 0.29) is 5.63 Å². The van der Waals surface area contributed by atoms with Gasteiger partial charge in [0.05, 0.1) is 11.3 Å². The Morgan fingerprint density at radius 2 is 1.79 bits per heavy atom. The smallest absolute Gasteiger partial charge is 0.346 e. The molecule has 2 aromatic carbocycles. The van der Waals surface area contributed by atoms with Crippen molar-refractivity contribution in [3.63, 3.8) is 0 Å². The topological polar surface area (TPSA) is 42.2 Å². The molecule has 3 aromatic rings. The van der Waals surface area contributed by atoms with Crippen LogP contribution in [0.25, 0.3) is 22.1 Å². The van der Waals surface area contributed by atoms with E-state index in [0.29, 0.717) is 11.1 Å². The first-order valence-corrected chi connectivity index (χ1v) is 6.22. The average Bonchev–Trinajstić information content (AvgIpc) is 2.46. The Balaban J connectivity index is 2.18. The maximum Gasteiger partial charge on any atom is 0.346 e. The van der Waals surface area contributed by atoms with Crippen molar-refractivity contribution in [2.24, 2.45) is 0 Å². The van der Waals surface area contributed by atoms with Gasteiger partial charge in [-0.2, -0.15) is 0 Å². The Hall–Kier alpha value is -2.55. The van der Waals surface area contributed by atoms with Crippen LogP contribution in [0, 0.1) is 0 Å². The van der Waals surface area contributed by atoms with E-state index in [2.05, 4.69) is 5.32 Å². The molecule has 0 amide bonds. The molecule has 4 rings (SSSR count). The van der Waals surface area contributed by atoms with E-state index in [9.17, 15) is 4.79 Å². The van der Waals surface area contributed by atoms with Gasteiger partial charge in [-0.05, 0) is 23.3 Å². The van der Waals surface area contributed by atoms with Crippen molar-refractivity contribution in [1.82, 2.24) is 0 Å². The third-order valence-corrected chi connectivity index (χ3v) is 3.56. The molecule has 3 nitrogen and oxygen atoms in total. The zero-order chi connectivity index (χ0) is 12.8. The molecule has 0 saturated heterocycles. The highest BCUT2D eigenvalue weighted by Gasteiger charge is 2.21. The molecule has 19 heavy (non-hydrogen) atoms. The monoisotopic (exact) mass is 249 g/mol. The van der Waals surface area contributed by atoms with Crippen LogP contribution in [0.3, 0.4) is 0 Å². The summed E-state index contributed by atoms with van der Waals surface area (Å²) in [6.07, 6.45) is 0. The van der Waals surface area contributed by atoms with Crippen LogP contribution in [0.2, 0.25) is 0 Å². The van der Waals surface area contributed by atoms with Crippen molar-refractivity contribution in [2.75, 3.05) is 5.32 Å². The molecule has 0 spiro atoms. The Bertz CT molecular complexity index is 849. The van der Waals surface area contributed by atoms with Gasteiger partial charge in [0.2, 0.25) is 0 Å². The van der Waals surface area contributed by atoms with Crippen LogP contribution in [0.1, 0.15) is 5.56 Å². The van der Waals surface area contributed by atoms with Gasteiger partial charge in [0.25, 0.3) is 0 Å². The SMILES string of the molecule is O=c1oc2ccccc2c2c1-c1ccccc1CN2. The van der Waals surface area contributed by atoms with E-state index in [0.717, 1.165) is 28.7 Å². The van der Waals surface area contributed by atoms with Gasteiger partial charge in [0.1, 0.15) is 5.58 Å². The lowest BCUT2D eigenvalue weighted by Gasteiger charge is -2.21. The van der Waals surface area contributed by atoms with Crippen LogP contribution in [0.4, 0.5) is 5.69 Å². The van der Waals surface area contributed by atoms with Gasteiger partial charge in [-0.1, -0.05) is 36.4 Å². The van der Waals surface area contributed by atoms with Gasteiger partial charge < -0.3 is 9.73 Å². The largest absolute Gasteiger partial charge is 0.422 e. The molecule has 1 N–H and O–H groups in total. The fourth-order valence-corrected chi connectivity index (χ4v) is 2.68. The Kier molecular flexibility index (Phi) is 2.03. The average molecular weight is 249 g/mol. The highest BCUT2D eigenvalue weighted by atomic mass is 16.4. The van der Waals surface area contributed by atoms with Crippen molar-refractivity contribution in [3.8, 4) is 11.1 Å². The first-order valence-electron chi connectivity index (χ1n) is 6.22. The lowest BCUT2D eigenvalue weighted by Crippen LogP contribution is -2.16. The first-order chi connectivity index (χ1) is 9.34. The van der Waals surface area contributed by atoms with Crippen LogP contribution < -0.4 is 10.9 Å². The first kappa shape index (κ1) is 10.4. The highest BCUT2D eigenvalue weighted by Crippen LogP contribution is 2.37. The molecule has 1 aliphatic heterocycles. The van der Waals surface area contributed by atoms with Crippen molar-refractivity contribution >= 4 is 16.7 Å². The Morgan fingerprint density at radius 1 is 1.00 bits per heavy atom. The van der Waals surface area contributed by atoms with Crippen LogP contribution in [-0.4, -0.2) is 0 Å². The van der Waals surface area contributed by atoms with E-state index in [4.69, 9.17) is 4.42 Å². The summed E-state index contributed by atoms with van der Waals surface area (Å²) in [7, 11) is 0. The van der Waals surface area contributed by atoms with Crippen molar-refractivity contribution in [2.45, 2.75) is 6.54 Å². The summed E-state index contributed by atoms with van der Waals surface area (Å²) in [5, 5.41) is 4.29. The summed E-state index contributed by atoms with van der Waals surface area (Å²) in [6.45, 7) is 0.733. The molecule has 1 aromatic heterocycles. The van der Waals surface area contributed by atoms with Gasteiger partial charge in [-0.25, -0.2) is 4.79 Å². The van der Waals surface area contributed by atoms with Crippen LogP contribution in [-0.2, 0) is 6.54 Å². The predicted molar refractivity (Wildman–Crippen MR) is 75.2 cm³/mol. The van der Waals surface area contributed by atoms with Crippen molar-refractivity contribution < 1.29 is 4.42 Å². The zero-order valence-corrected chi connectivity index (χ0v) is 10.1. The van der Waals surface area contributed by atoms with Gasteiger partial charge >= 0.3 is 5.63 Å². The normalized spacial score (nSPS) is 12.6. The van der Waals surface area contributed by atoms with Gasteiger partial charge in [-0.15, -0.1) is 0 Å². The molecule has 0 fully saturated rings. The molecule has 1 aliphatic rings. The summed E-state index contributed by atoms with van der Waals surface area (Å²) in [4.78, 5) is 12.2. The van der Waals surface area contributed by atoms with E-state index >= 15 is 0 Å². The Labute approximate surface area is 109 Å². The Morgan fingerprint density at radius 3 is 2.74 bits per heavy atom. The second-order valence-corrected chi connectivity index (χ2v) is 4.65. The summed E-state index contributed by atoms with van der Waals surface area (Å²) in [5.41, 5.74) is 3.95. The number of anilines is 1. The fraction of sp³-hybridized carbons (Fsp3) is 0.0625. The number of hydrogen-bond donors (Lipinski definition) is 1. The summed E-state index contributed by atoms with van der Waals surface area (Å²) in [5.74, 6) is 0.